The number of rotatable bonds is 9. The van der Waals surface area contributed by atoms with Crippen LogP contribution in [0.25, 0.3) is 10.9 Å². The number of carbonyl (C=O) groups excluding carboxylic acids is 3. The molecule has 2 aromatic carbocycles. The quantitative estimate of drug-likeness (QED) is 0.202. The van der Waals surface area contributed by atoms with E-state index in [-0.39, 0.29) is 48.7 Å². The summed E-state index contributed by atoms with van der Waals surface area (Å²) < 4.78 is 23.4. The molecule has 56 heavy (non-hydrogen) atoms. The number of amides is 4. The summed E-state index contributed by atoms with van der Waals surface area (Å²) in [5.41, 5.74) is 1.85. The van der Waals surface area contributed by atoms with Crippen LogP contribution in [0, 0.1) is 23.1 Å². The van der Waals surface area contributed by atoms with Crippen LogP contribution in [0.15, 0.2) is 54.7 Å². The third kappa shape index (κ3) is 8.15. The highest BCUT2D eigenvalue weighted by atomic mass is 35.5. The van der Waals surface area contributed by atoms with Crippen molar-refractivity contribution in [2.75, 3.05) is 49.1 Å². The van der Waals surface area contributed by atoms with Crippen molar-refractivity contribution in [2.24, 2.45) is 5.92 Å². The number of likely N-dealkylation sites (tertiary alicyclic amines) is 1. The first-order valence-electron chi connectivity index (χ1n) is 19.6. The Labute approximate surface area is 329 Å². The minimum absolute atomic E-state index is 0.0250. The van der Waals surface area contributed by atoms with Gasteiger partial charge in [0.15, 0.2) is 11.5 Å². The number of piperidine rings is 2. The van der Waals surface area contributed by atoms with Crippen LogP contribution >= 0.6 is 11.6 Å². The summed E-state index contributed by atoms with van der Waals surface area (Å²) in [6.45, 7) is 4.94. The van der Waals surface area contributed by atoms with Crippen LogP contribution in [0.4, 0.5) is 20.7 Å². The number of halogens is 2. The molecule has 4 aromatic rings. The second kappa shape index (κ2) is 16.5. The number of hydrogen-bond donors (Lipinski definition) is 2. The first-order chi connectivity index (χ1) is 27.2. The van der Waals surface area contributed by atoms with Gasteiger partial charge >= 0.3 is 6.03 Å². The third-order valence-corrected chi connectivity index (χ3v) is 12.1. The van der Waals surface area contributed by atoms with Gasteiger partial charge in [-0.15, -0.1) is 10.2 Å². The molecule has 5 heterocycles. The zero-order valence-electron chi connectivity index (χ0n) is 31.1. The molecule has 3 saturated heterocycles. The molecule has 0 bridgehead atoms. The van der Waals surface area contributed by atoms with Crippen molar-refractivity contribution in [3.05, 3.63) is 76.8 Å². The molecule has 3 aliphatic heterocycles. The van der Waals surface area contributed by atoms with Crippen molar-refractivity contribution in [1.82, 2.24) is 30.3 Å². The standard InChI is InChI=1S/C41H45ClFN9O4/c42-33-23-31(4-1-27(33)24-44)56-30-5-2-28(3-6-30)45-40(54)35-8-10-37(48-47-35)50-19-11-26(12-20-50)25-49-17-13-29(14-18-49)51-21-15-32-36(51)9-7-34(43)39(32)52-22-16-38(53)46-41(52)55/h1,4,7-10,15,21,23,26,28-30H,2-3,5-6,11-14,16-20,22,25H2,(H,45,54)(H,46,53,55)/t28-,30-. The average Bonchev–Trinajstić information content (AvgIpc) is 3.64. The zero-order chi connectivity index (χ0) is 38.8. The van der Waals surface area contributed by atoms with Crippen LogP contribution < -0.4 is 25.2 Å². The number of carbonyl (C=O) groups is 3. The van der Waals surface area contributed by atoms with Gasteiger partial charge in [0.1, 0.15) is 17.6 Å². The minimum atomic E-state index is -0.586. The van der Waals surface area contributed by atoms with Gasteiger partial charge in [-0.25, -0.2) is 9.18 Å². The molecular weight excluding hydrogens is 737 g/mol. The van der Waals surface area contributed by atoms with E-state index in [1.165, 1.54) is 11.0 Å². The molecule has 2 N–H and O–H groups in total. The molecular formula is C41H45ClFN9O4. The largest absolute Gasteiger partial charge is 0.490 e. The zero-order valence-corrected chi connectivity index (χ0v) is 31.9. The highest BCUT2D eigenvalue weighted by Gasteiger charge is 2.31. The molecule has 4 amide bonds. The summed E-state index contributed by atoms with van der Waals surface area (Å²) in [5, 5.41) is 24.3. The number of benzene rings is 2. The molecule has 0 atom stereocenters. The van der Waals surface area contributed by atoms with Gasteiger partial charge < -0.3 is 24.4 Å². The van der Waals surface area contributed by atoms with Crippen LogP contribution in [0.1, 0.15) is 79.9 Å². The summed E-state index contributed by atoms with van der Waals surface area (Å²) in [6, 6.07) is 15.6. The Bertz CT molecular complexity index is 2130. The average molecular weight is 782 g/mol. The Morgan fingerprint density at radius 1 is 0.946 bits per heavy atom. The summed E-state index contributed by atoms with van der Waals surface area (Å²) in [6.07, 6.45) is 9.41. The first kappa shape index (κ1) is 37.7. The van der Waals surface area contributed by atoms with Gasteiger partial charge in [0, 0.05) is 75.4 Å². The lowest BCUT2D eigenvalue weighted by Crippen LogP contribution is -2.50. The van der Waals surface area contributed by atoms with Crippen molar-refractivity contribution in [3.8, 4) is 11.8 Å². The number of nitrogens with zero attached hydrogens (tertiary/aromatic N) is 7. The number of anilines is 2. The van der Waals surface area contributed by atoms with Crippen molar-refractivity contribution in [3.63, 3.8) is 0 Å². The highest BCUT2D eigenvalue weighted by Crippen LogP contribution is 2.36. The number of nitriles is 1. The Morgan fingerprint density at radius 2 is 1.73 bits per heavy atom. The van der Waals surface area contributed by atoms with Crippen molar-refractivity contribution >= 4 is 51.9 Å². The smallest absolute Gasteiger partial charge is 0.328 e. The highest BCUT2D eigenvalue weighted by molar-refractivity contribution is 6.31. The lowest BCUT2D eigenvalue weighted by Gasteiger charge is -2.38. The molecule has 15 heteroatoms. The fourth-order valence-electron chi connectivity index (χ4n) is 8.71. The molecule has 0 spiro atoms. The van der Waals surface area contributed by atoms with E-state index < -0.39 is 11.8 Å². The van der Waals surface area contributed by atoms with E-state index in [0.717, 1.165) is 95.4 Å². The molecule has 0 unspecified atom stereocenters. The predicted molar refractivity (Wildman–Crippen MR) is 209 cm³/mol. The van der Waals surface area contributed by atoms with Gasteiger partial charge in [0.2, 0.25) is 5.91 Å². The molecule has 13 nitrogen and oxygen atoms in total. The Morgan fingerprint density at radius 3 is 2.43 bits per heavy atom. The maximum Gasteiger partial charge on any atom is 0.328 e. The maximum atomic E-state index is 15.1. The van der Waals surface area contributed by atoms with E-state index in [9.17, 15) is 14.4 Å². The Kier molecular flexibility index (Phi) is 11.1. The number of ether oxygens (including phenoxy) is 1. The normalized spacial score (nSPS) is 21.5. The van der Waals surface area contributed by atoms with Crippen LogP contribution in [0.2, 0.25) is 5.02 Å². The number of aromatic nitrogens is 3. The van der Waals surface area contributed by atoms with E-state index in [2.05, 4.69) is 41.3 Å². The number of nitrogens with one attached hydrogen (secondary N) is 2. The maximum absolute atomic E-state index is 15.1. The minimum Gasteiger partial charge on any atom is -0.490 e. The molecule has 1 saturated carbocycles. The van der Waals surface area contributed by atoms with Crippen LogP contribution in [0.5, 0.6) is 5.75 Å². The summed E-state index contributed by atoms with van der Waals surface area (Å²) in [4.78, 5) is 43.4. The first-order valence-corrected chi connectivity index (χ1v) is 20.0. The van der Waals surface area contributed by atoms with Gasteiger partial charge in [0.05, 0.1) is 27.9 Å². The molecule has 292 valence electrons. The molecule has 2 aromatic heterocycles. The number of fused-ring (bicyclic) bond motifs is 1. The van der Waals surface area contributed by atoms with Gasteiger partial charge in [-0.05, 0) is 99.7 Å². The summed E-state index contributed by atoms with van der Waals surface area (Å²) in [5.74, 6) is 0.984. The van der Waals surface area contributed by atoms with Crippen molar-refractivity contribution in [2.45, 2.75) is 76.0 Å². The Hall–Kier alpha value is -5.26. The summed E-state index contributed by atoms with van der Waals surface area (Å²) in [7, 11) is 0. The van der Waals surface area contributed by atoms with E-state index >= 15 is 4.39 Å². The fraction of sp³-hybridized carbons (Fsp3) is 0.463. The van der Waals surface area contributed by atoms with E-state index in [1.807, 2.05) is 18.3 Å². The second-order valence-electron chi connectivity index (χ2n) is 15.4. The van der Waals surface area contributed by atoms with E-state index in [0.29, 0.717) is 33.3 Å². The second-order valence-corrected chi connectivity index (χ2v) is 15.8. The van der Waals surface area contributed by atoms with Gasteiger partial charge in [-0.2, -0.15) is 5.26 Å². The van der Waals surface area contributed by atoms with Crippen LogP contribution in [-0.2, 0) is 4.79 Å². The van der Waals surface area contributed by atoms with Gasteiger partial charge in [-0.1, -0.05) is 11.6 Å². The molecule has 8 rings (SSSR count). The number of imide groups is 1. The Balaban J connectivity index is 0.767. The summed E-state index contributed by atoms with van der Waals surface area (Å²) >= 11 is 6.15. The fourth-order valence-corrected chi connectivity index (χ4v) is 8.92. The van der Waals surface area contributed by atoms with Gasteiger partial charge in [0.25, 0.3) is 5.91 Å². The third-order valence-electron chi connectivity index (χ3n) is 11.8. The number of hydrogen-bond acceptors (Lipinski definition) is 9. The SMILES string of the molecule is N#Cc1ccc(O[C@H]2CC[C@H](NC(=O)c3ccc(N4CCC(CN5CCC(n6ccc7c(N8CCC(=O)NC8=O)c(F)ccc76)CC5)CC4)nn3)CC2)cc1Cl. The number of urea groups is 1. The molecule has 4 fully saturated rings. The molecule has 0 radical (unpaired) electrons. The predicted octanol–water partition coefficient (Wildman–Crippen LogP) is 6.22. The van der Waals surface area contributed by atoms with E-state index in [1.54, 1.807) is 30.3 Å². The van der Waals surface area contributed by atoms with Crippen LogP contribution in [0.3, 0.4) is 0 Å². The molecule has 1 aliphatic carbocycles. The van der Waals surface area contributed by atoms with Crippen molar-refractivity contribution < 1.29 is 23.5 Å². The molecule has 4 aliphatic rings. The van der Waals surface area contributed by atoms with E-state index in [4.69, 9.17) is 21.6 Å². The topological polar surface area (TPSA) is 149 Å². The van der Waals surface area contributed by atoms with Gasteiger partial charge in [-0.3, -0.25) is 19.8 Å². The lowest BCUT2D eigenvalue weighted by atomic mass is 9.92. The van der Waals surface area contributed by atoms with Crippen molar-refractivity contribution in [1.29, 1.82) is 5.26 Å². The lowest BCUT2D eigenvalue weighted by molar-refractivity contribution is -0.120. The monoisotopic (exact) mass is 781 g/mol. The van der Waals surface area contributed by atoms with Crippen LogP contribution in [-0.4, -0.2) is 88.9 Å².